The highest BCUT2D eigenvalue weighted by Gasteiger charge is 2.50. The van der Waals surface area contributed by atoms with Gasteiger partial charge >= 0.3 is 5.56 Å². The number of rotatable bonds is 7. The van der Waals surface area contributed by atoms with Crippen LogP contribution < -0.4 is 15.2 Å². The molecule has 0 amide bonds. The smallest absolute Gasteiger partial charge is 0.316 e. The quantitative estimate of drug-likeness (QED) is 0.435. The summed E-state index contributed by atoms with van der Waals surface area (Å²) in [7, 11) is -3.39. The summed E-state index contributed by atoms with van der Waals surface area (Å²) in [5, 5.41) is 4.60. The van der Waals surface area contributed by atoms with Gasteiger partial charge in [-0.15, -0.1) is 0 Å². The van der Waals surface area contributed by atoms with Crippen molar-refractivity contribution in [2.75, 3.05) is 31.1 Å². The van der Waals surface area contributed by atoms with Gasteiger partial charge in [0.1, 0.15) is 5.69 Å². The molecular formula is C28H31ClN4O4S. The fourth-order valence-corrected chi connectivity index (χ4v) is 7.92. The van der Waals surface area contributed by atoms with Crippen molar-refractivity contribution in [2.24, 2.45) is 0 Å². The van der Waals surface area contributed by atoms with E-state index in [0.717, 1.165) is 31.2 Å². The van der Waals surface area contributed by atoms with Gasteiger partial charge in [0.25, 0.3) is 0 Å². The van der Waals surface area contributed by atoms with Crippen LogP contribution in [0.4, 0.5) is 5.69 Å². The number of piperazine rings is 1. The van der Waals surface area contributed by atoms with Crippen molar-refractivity contribution in [1.29, 1.82) is 0 Å². The number of halogens is 1. The van der Waals surface area contributed by atoms with Gasteiger partial charge in [-0.2, -0.15) is 14.1 Å². The minimum Gasteiger partial charge on any atom is -0.483 e. The standard InChI is InChI=1S/C28H31ClN4O4S/c29-21-9-6-10-22(17-21)33-28(34)27(37-23-11-4-5-12-23)25(19-30-33)31-13-15-32(16-14-31)38(35,36)26-18-24(26)20-7-2-1-3-8-20/h1-3,6-10,17,19,23-24,26H,4-5,11-16,18H2. The minimum absolute atomic E-state index is 0.0110. The molecule has 1 aromatic heterocycles. The van der Waals surface area contributed by atoms with Crippen LogP contribution in [-0.4, -0.2) is 60.0 Å². The molecule has 38 heavy (non-hydrogen) atoms. The second-order valence-electron chi connectivity index (χ2n) is 10.3. The van der Waals surface area contributed by atoms with E-state index in [0.29, 0.717) is 49.0 Å². The summed E-state index contributed by atoms with van der Waals surface area (Å²) in [5.74, 6) is 0.337. The summed E-state index contributed by atoms with van der Waals surface area (Å²) >= 11 is 6.16. The van der Waals surface area contributed by atoms with Crippen molar-refractivity contribution in [1.82, 2.24) is 14.1 Å². The zero-order valence-corrected chi connectivity index (χ0v) is 22.7. The lowest BCUT2D eigenvalue weighted by atomic mass is 10.1. The average molecular weight is 555 g/mol. The number of hydrogen-bond donors (Lipinski definition) is 0. The number of ether oxygens (including phenoxy) is 1. The van der Waals surface area contributed by atoms with Crippen molar-refractivity contribution in [3.8, 4) is 11.4 Å². The van der Waals surface area contributed by atoms with Crippen LogP contribution in [0.5, 0.6) is 5.75 Å². The molecule has 0 radical (unpaired) electrons. The predicted octanol–water partition coefficient (Wildman–Crippen LogP) is 4.22. The van der Waals surface area contributed by atoms with Crippen LogP contribution in [-0.2, 0) is 10.0 Å². The Morgan fingerprint density at radius 2 is 1.68 bits per heavy atom. The fourth-order valence-electron chi connectivity index (χ4n) is 5.66. The Balaban J connectivity index is 1.22. The van der Waals surface area contributed by atoms with Gasteiger partial charge in [0, 0.05) is 37.1 Å². The first-order valence-electron chi connectivity index (χ1n) is 13.3. The van der Waals surface area contributed by atoms with Gasteiger partial charge in [0.05, 0.1) is 23.2 Å². The van der Waals surface area contributed by atoms with Gasteiger partial charge < -0.3 is 9.64 Å². The van der Waals surface area contributed by atoms with Crippen LogP contribution >= 0.6 is 11.6 Å². The molecule has 2 aliphatic carbocycles. The van der Waals surface area contributed by atoms with Crippen LogP contribution in [0.1, 0.15) is 43.6 Å². The molecule has 10 heteroatoms. The van der Waals surface area contributed by atoms with E-state index in [2.05, 4.69) is 5.10 Å². The van der Waals surface area contributed by atoms with E-state index in [-0.39, 0.29) is 28.6 Å². The number of sulfonamides is 1. The lowest BCUT2D eigenvalue weighted by molar-refractivity contribution is 0.205. The highest BCUT2D eigenvalue weighted by molar-refractivity contribution is 7.90. The maximum atomic E-state index is 13.6. The average Bonchev–Trinajstić information content (AvgIpc) is 3.60. The maximum Gasteiger partial charge on any atom is 0.316 e. The number of nitrogens with zero attached hydrogens (tertiary/aromatic N) is 4. The van der Waals surface area contributed by atoms with E-state index >= 15 is 0 Å². The molecule has 2 saturated carbocycles. The van der Waals surface area contributed by atoms with Crippen molar-refractivity contribution in [3.05, 3.63) is 81.7 Å². The molecule has 2 heterocycles. The van der Waals surface area contributed by atoms with Gasteiger partial charge in [0.15, 0.2) is 0 Å². The number of benzene rings is 2. The largest absolute Gasteiger partial charge is 0.483 e. The summed E-state index contributed by atoms with van der Waals surface area (Å²) in [6, 6.07) is 16.9. The number of anilines is 1. The summed E-state index contributed by atoms with van der Waals surface area (Å²) in [4.78, 5) is 15.6. The van der Waals surface area contributed by atoms with Crippen molar-refractivity contribution in [2.45, 2.75) is 49.4 Å². The SMILES string of the molecule is O=c1c(OC2CCCC2)c(N2CCN(S(=O)(=O)C3CC3c3ccccc3)CC2)cnn1-c1cccc(Cl)c1. The summed E-state index contributed by atoms with van der Waals surface area (Å²) < 4.78 is 36.0. The summed E-state index contributed by atoms with van der Waals surface area (Å²) in [5.41, 5.74) is 1.93. The molecule has 3 aromatic rings. The highest BCUT2D eigenvalue weighted by atomic mass is 35.5. The third-order valence-corrected chi connectivity index (χ3v) is 10.4. The Labute approximate surface area is 227 Å². The molecule has 1 aliphatic heterocycles. The van der Waals surface area contributed by atoms with Crippen molar-refractivity contribution >= 4 is 27.3 Å². The normalized spacial score (nSPS) is 22.5. The number of hydrogen-bond acceptors (Lipinski definition) is 6. The summed E-state index contributed by atoms with van der Waals surface area (Å²) in [6.45, 7) is 1.65. The topological polar surface area (TPSA) is 84.7 Å². The van der Waals surface area contributed by atoms with E-state index in [4.69, 9.17) is 16.3 Å². The molecule has 2 aromatic carbocycles. The Morgan fingerprint density at radius 3 is 2.39 bits per heavy atom. The molecule has 1 saturated heterocycles. The Kier molecular flexibility index (Phi) is 6.92. The molecule has 8 nitrogen and oxygen atoms in total. The van der Waals surface area contributed by atoms with Gasteiger partial charge in [-0.1, -0.05) is 48.0 Å². The van der Waals surface area contributed by atoms with Crippen LogP contribution in [0.3, 0.4) is 0 Å². The van der Waals surface area contributed by atoms with Crippen molar-refractivity contribution < 1.29 is 13.2 Å². The van der Waals surface area contributed by atoms with Gasteiger partial charge in [0.2, 0.25) is 15.8 Å². The van der Waals surface area contributed by atoms with Crippen LogP contribution in [0.15, 0.2) is 65.6 Å². The molecule has 0 N–H and O–H groups in total. The molecule has 2 unspecified atom stereocenters. The van der Waals surface area contributed by atoms with E-state index in [1.54, 1.807) is 34.8 Å². The van der Waals surface area contributed by atoms with Crippen molar-refractivity contribution in [3.63, 3.8) is 0 Å². The first kappa shape index (κ1) is 25.4. The van der Waals surface area contributed by atoms with E-state index in [1.165, 1.54) is 4.68 Å². The predicted molar refractivity (Wildman–Crippen MR) is 148 cm³/mol. The zero-order valence-electron chi connectivity index (χ0n) is 21.1. The Hall–Kier alpha value is -2.88. The first-order valence-corrected chi connectivity index (χ1v) is 15.1. The van der Waals surface area contributed by atoms with Crippen LogP contribution in [0.2, 0.25) is 5.02 Å². The Morgan fingerprint density at radius 1 is 0.947 bits per heavy atom. The molecule has 3 fully saturated rings. The van der Waals surface area contributed by atoms with Gasteiger partial charge in [-0.05, 0) is 55.9 Å². The first-order chi connectivity index (χ1) is 18.4. The van der Waals surface area contributed by atoms with Gasteiger partial charge in [-0.25, -0.2) is 8.42 Å². The molecular weight excluding hydrogens is 524 g/mol. The van der Waals surface area contributed by atoms with Crippen LogP contribution in [0, 0.1) is 0 Å². The highest BCUT2D eigenvalue weighted by Crippen LogP contribution is 2.47. The van der Waals surface area contributed by atoms with E-state index < -0.39 is 10.0 Å². The van der Waals surface area contributed by atoms with Crippen LogP contribution in [0.25, 0.3) is 5.69 Å². The second kappa shape index (κ2) is 10.4. The third kappa shape index (κ3) is 4.95. The summed E-state index contributed by atoms with van der Waals surface area (Å²) in [6.07, 6.45) is 6.29. The Bertz CT molecular complexity index is 1470. The lowest BCUT2D eigenvalue weighted by Crippen LogP contribution is -2.50. The lowest BCUT2D eigenvalue weighted by Gasteiger charge is -2.36. The molecule has 3 aliphatic rings. The van der Waals surface area contributed by atoms with E-state index in [1.807, 2.05) is 35.2 Å². The maximum absolute atomic E-state index is 13.6. The van der Waals surface area contributed by atoms with E-state index in [9.17, 15) is 13.2 Å². The second-order valence-corrected chi connectivity index (χ2v) is 12.9. The molecule has 200 valence electrons. The molecule has 2 atom stereocenters. The number of aromatic nitrogens is 2. The minimum atomic E-state index is -3.39. The molecule has 0 bridgehead atoms. The fraction of sp³-hybridized carbons (Fsp3) is 0.429. The zero-order chi connectivity index (χ0) is 26.3. The molecule has 6 rings (SSSR count). The monoisotopic (exact) mass is 554 g/mol. The third-order valence-electron chi connectivity index (χ3n) is 7.84. The van der Waals surface area contributed by atoms with Gasteiger partial charge in [-0.3, -0.25) is 4.79 Å². The molecule has 0 spiro atoms.